The molecular formula is C16H18N4. The van der Waals surface area contributed by atoms with Crippen molar-refractivity contribution in [3.63, 3.8) is 0 Å². The molecule has 0 aliphatic rings. The van der Waals surface area contributed by atoms with Crippen molar-refractivity contribution in [2.45, 2.75) is 26.3 Å². The summed E-state index contributed by atoms with van der Waals surface area (Å²) in [6.45, 7) is 4.73. The standard InChI is InChI=1S/C16H18N4/c1-11(2)14-7-8-20(19-14)16-12(9-17)10-18-15-6-4-3-5-13(15)16/h3-8,10-11H,9,17H2,1-2H3. The predicted octanol–water partition coefficient (Wildman–Crippen LogP) is 3.00. The highest BCUT2D eigenvalue weighted by Gasteiger charge is 2.12. The fourth-order valence-electron chi connectivity index (χ4n) is 2.36. The van der Waals surface area contributed by atoms with Gasteiger partial charge in [-0.15, -0.1) is 0 Å². The molecule has 2 heterocycles. The molecule has 1 aromatic carbocycles. The fraction of sp³-hybridized carbons (Fsp3) is 0.250. The Morgan fingerprint density at radius 3 is 2.70 bits per heavy atom. The summed E-state index contributed by atoms with van der Waals surface area (Å²) < 4.78 is 1.92. The summed E-state index contributed by atoms with van der Waals surface area (Å²) in [6, 6.07) is 10.1. The van der Waals surface area contributed by atoms with E-state index in [1.54, 1.807) is 0 Å². The van der Waals surface area contributed by atoms with Crippen LogP contribution in [0.15, 0.2) is 42.7 Å². The number of fused-ring (bicyclic) bond motifs is 1. The highest BCUT2D eigenvalue weighted by atomic mass is 15.3. The molecule has 2 N–H and O–H groups in total. The Bertz CT molecular complexity index is 743. The van der Waals surface area contributed by atoms with E-state index in [1.807, 2.05) is 35.3 Å². The van der Waals surface area contributed by atoms with E-state index in [0.717, 1.165) is 27.8 Å². The van der Waals surface area contributed by atoms with Crippen LogP contribution < -0.4 is 5.73 Å². The maximum absolute atomic E-state index is 5.86. The molecule has 0 atom stereocenters. The van der Waals surface area contributed by atoms with E-state index >= 15 is 0 Å². The van der Waals surface area contributed by atoms with Gasteiger partial charge in [0.15, 0.2) is 0 Å². The molecule has 0 unspecified atom stereocenters. The van der Waals surface area contributed by atoms with Gasteiger partial charge in [-0.3, -0.25) is 4.98 Å². The van der Waals surface area contributed by atoms with Gasteiger partial charge in [-0.25, -0.2) is 4.68 Å². The molecule has 0 spiro atoms. The van der Waals surface area contributed by atoms with Crippen molar-refractivity contribution >= 4 is 10.9 Å². The highest BCUT2D eigenvalue weighted by molar-refractivity contribution is 5.88. The van der Waals surface area contributed by atoms with Gasteiger partial charge in [0.2, 0.25) is 0 Å². The first-order chi connectivity index (χ1) is 9.70. The van der Waals surface area contributed by atoms with Crippen LogP contribution >= 0.6 is 0 Å². The third-order valence-electron chi connectivity index (χ3n) is 3.47. The number of hydrogen-bond donors (Lipinski definition) is 1. The van der Waals surface area contributed by atoms with Crippen molar-refractivity contribution < 1.29 is 0 Å². The van der Waals surface area contributed by atoms with Crippen LogP contribution in [0.1, 0.15) is 31.0 Å². The zero-order chi connectivity index (χ0) is 14.1. The lowest BCUT2D eigenvalue weighted by Gasteiger charge is -2.11. The first kappa shape index (κ1) is 12.8. The smallest absolute Gasteiger partial charge is 0.0799 e. The van der Waals surface area contributed by atoms with Crippen molar-refractivity contribution in [1.29, 1.82) is 0 Å². The van der Waals surface area contributed by atoms with Crippen molar-refractivity contribution in [3.05, 3.63) is 54.0 Å². The van der Waals surface area contributed by atoms with Gasteiger partial charge in [-0.1, -0.05) is 32.0 Å². The fourth-order valence-corrected chi connectivity index (χ4v) is 2.36. The molecule has 0 amide bonds. The van der Waals surface area contributed by atoms with Crippen molar-refractivity contribution in [2.24, 2.45) is 5.73 Å². The summed E-state index contributed by atoms with van der Waals surface area (Å²) in [6.07, 6.45) is 3.84. The third-order valence-corrected chi connectivity index (χ3v) is 3.47. The van der Waals surface area contributed by atoms with Crippen molar-refractivity contribution in [1.82, 2.24) is 14.8 Å². The summed E-state index contributed by atoms with van der Waals surface area (Å²) in [4.78, 5) is 4.46. The molecule has 0 bridgehead atoms. The number of pyridine rings is 1. The Morgan fingerprint density at radius 2 is 2.00 bits per heavy atom. The van der Waals surface area contributed by atoms with Crippen LogP contribution in [0.5, 0.6) is 0 Å². The van der Waals surface area contributed by atoms with Crippen LogP contribution in [-0.2, 0) is 6.54 Å². The first-order valence-electron chi connectivity index (χ1n) is 6.83. The minimum Gasteiger partial charge on any atom is -0.326 e. The van der Waals surface area contributed by atoms with Gasteiger partial charge in [-0.05, 0) is 18.1 Å². The molecule has 4 heteroatoms. The van der Waals surface area contributed by atoms with E-state index in [9.17, 15) is 0 Å². The second-order valence-corrected chi connectivity index (χ2v) is 5.19. The number of rotatable bonds is 3. The first-order valence-corrected chi connectivity index (χ1v) is 6.83. The van der Waals surface area contributed by atoms with Gasteiger partial charge in [0, 0.05) is 29.9 Å². The predicted molar refractivity (Wildman–Crippen MR) is 80.8 cm³/mol. The van der Waals surface area contributed by atoms with Gasteiger partial charge in [0.05, 0.1) is 16.9 Å². The zero-order valence-corrected chi connectivity index (χ0v) is 11.7. The Kier molecular flexibility index (Phi) is 3.24. The van der Waals surface area contributed by atoms with Crippen LogP contribution in [0.25, 0.3) is 16.6 Å². The summed E-state index contributed by atoms with van der Waals surface area (Å²) in [7, 11) is 0. The molecule has 0 saturated carbocycles. The van der Waals surface area contributed by atoms with Crippen molar-refractivity contribution in [2.75, 3.05) is 0 Å². The number of para-hydroxylation sites is 1. The largest absolute Gasteiger partial charge is 0.326 e. The Balaban J connectivity index is 2.26. The molecule has 3 rings (SSSR count). The Labute approximate surface area is 118 Å². The molecule has 102 valence electrons. The molecule has 0 aliphatic carbocycles. The maximum atomic E-state index is 5.86. The van der Waals surface area contributed by atoms with E-state index in [-0.39, 0.29) is 0 Å². The molecule has 0 saturated heterocycles. The maximum Gasteiger partial charge on any atom is 0.0799 e. The summed E-state index contributed by atoms with van der Waals surface area (Å²) in [5.41, 5.74) is 9.94. The van der Waals surface area contributed by atoms with Gasteiger partial charge in [0.1, 0.15) is 0 Å². The average Bonchev–Trinajstić information content (AvgIpc) is 2.95. The SMILES string of the molecule is CC(C)c1ccn(-c2c(CN)cnc3ccccc23)n1. The Hall–Kier alpha value is -2.20. The highest BCUT2D eigenvalue weighted by Crippen LogP contribution is 2.24. The molecule has 20 heavy (non-hydrogen) atoms. The minimum absolute atomic E-state index is 0.408. The zero-order valence-electron chi connectivity index (χ0n) is 11.7. The van der Waals surface area contributed by atoms with Crippen LogP contribution in [0.4, 0.5) is 0 Å². The molecule has 4 nitrogen and oxygen atoms in total. The third kappa shape index (κ3) is 2.08. The summed E-state index contributed by atoms with van der Waals surface area (Å²) in [5, 5.41) is 5.75. The van der Waals surface area contributed by atoms with E-state index in [2.05, 4.69) is 36.1 Å². The Morgan fingerprint density at radius 1 is 1.20 bits per heavy atom. The normalized spacial score (nSPS) is 11.4. The van der Waals surface area contributed by atoms with E-state index in [4.69, 9.17) is 5.73 Å². The van der Waals surface area contributed by atoms with Crippen LogP contribution in [0.3, 0.4) is 0 Å². The average molecular weight is 266 g/mol. The van der Waals surface area contributed by atoms with E-state index in [0.29, 0.717) is 12.5 Å². The number of benzene rings is 1. The number of hydrogen-bond acceptors (Lipinski definition) is 3. The topological polar surface area (TPSA) is 56.7 Å². The quantitative estimate of drug-likeness (QED) is 0.792. The lowest BCUT2D eigenvalue weighted by atomic mass is 10.1. The molecule has 0 fully saturated rings. The number of nitrogens with two attached hydrogens (primary N) is 1. The second kappa shape index (κ2) is 5.06. The summed E-state index contributed by atoms with van der Waals surface area (Å²) >= 11 is 0. The van der Waals surface area contributed by atoms with E-state index < -0.39 is 0 Å². The molecule has 2 aromatic heterocycles. The van der Waals surface area contributed by atoms with Gasteiger partial charge in [0.25, 0.3) is 0 Å². The van der Waals surface area contributed by atoms with Crippen LogP contribution in [-0.4, -0.2) is 14.8 Å². The lowest BCUT2D eigenvalue weighted by molar-refractivity contribution is 0.765. The van der Waals surface area contributed by atoms with E-state index in [1.165, 1.54) is 0 Å². The van der Waals surface area contributed by atoms with Gasteiger partial charge in [-0.2, -0.15) is 5.10 Å². The second-order valence-electron chi connectivity index (χ2n) is 5.19. The number of nitrogens with zero attached hydrogens (tertiary/aromatic N) is 3. The monoisotopic (exact) mass is 266 g/mol. The molecule has 3 aromatic rings. The van der Waals surface area contributed by atoms with Crippen LogP contribution in [0.2, 0.25) is 0 Å². The lowest BCUT2D eigenvalue weighted by Crippen LogP contribution is -2.07. The van der Waals surface area contributed by atoms with Gasteiger partial charge >= 0.3 is 0 Å². The molecule has 0 aliphatic heterocycles. The molecular weight excluding hydrogens is 248 g/mol. The number of aromatic nitrogens is 3. The van der Waals surface area contributed by atoms with Crippen LogP contribution in [0, 0.1) is 0 Å². The van der Waals surface area contributed by atoms with Gasteiger partial charge < -0.3 is 5.73 Å². The summed E-state index contributed by atoms with van der Waals surface area (Å²) in [5.74, 6) is 0.408. The molecule has 0 radical (unpaired) electrons. The van der Waals surface area contributed by atoms with Crippen molar-refractivity contribution in [3.8, 4) is 5.69 Å². The minimum atomic E-state index is 0.408.